The molecule has 5 nitrogen and oxygen atoms in total. The van der Waals surface area contributed by atoms with Crippen molar-refractivity contribution in [2.75, 3.05) is 33.9 Å². The molecule has 1 amide bonds. The van der Waals surface area contributed by atoms with E-state index < -0.39 is 0 Å². The number of carbonyl (C=O) groups is 1. The van der Waals surface area contributed by atoms with Gasteiger partial charge in [0.05, 0.1) is 20.8 Å². The van der Waals surface area contributed by atoms with Crippen LogP contribution in [0.3, 0.4) is 0 Å². The number of hydrogen-bond donors (Lipinski definition) is 0. The smallest absolute Gasteiger partial charge is 0.237 e. The molecule has 28 heavy (non-hydrogen) atoms. The van der Waals surface area contributed by atoms with Crippen molar-refractivity contribution >= 4 is 5.91 Å². The van der Waals surface area contributed by atoms with Crippen LogP contribution in [-0.2, 0) is 24.3 Å². The molecule has 5 heteroatoms. The van der Waals surface area contributed by atoms with E-state index in [1.807, 2.05) is 17.0 Å². The maximum atomic E-state index is 12.9. The summed E-state index contributed by atoms with van der Waals surface area (Å²) in [6.07, 6.45) is 0.839. The average Bonchev–Trinajstić information content (AvgIpc) is 2.71. The molecule has 1 aliphatic rings. The van der Waals surface area contributed by atoms with Gasteiger partial charge in [0.2, 0.25) is 5.91 Å². The third kappa shape index (κ3) is 4.65. The van der Waals surface area contributed by atoms with Crippen molar-refractivity contribution in [3.63, 3.8) is 0 Å². The highest BCUT2D eigenvalue weighted by Gasteiger charge is 2.24. The van der Waals surface area contributed by atoms with Crippen LogP contribution < -0.4 is 9.47 Å². The van der Waals surface area contributed by atoms with Gasteiger partial charge in [-0.25, -0.2) is 0 Å². The van der Waals surface area contributed by atoms with E-state index in [0.717, 1.165) is 37.4 Å². The van der Waals surface area contributed by atoms with Gasteiger partial charge in [0, 0.05) is 19.6 Å². The van der Waals surface area contributed by atoms with Crippen LogP contribution in [0.15, 0.2) is 36.4 Å². The van der Waals surface area contributed by atoms with E-state index in [1.165, 1.54) is 16.7 Å². The van der Waals surface area contributed by atoms with E-state index in [1.54, 1.807) is 14.2 Å². The van der Waals surface area contributed by atoms with Crippen molar-refractivity contribution < 1.29 is 14.3 Å². The second-order valence-electron chi connectivity index (χ2n) is 7.33. The third-order valence-electron chi connectivity index (χ3n) is 5.37. The Bertz CT molecular complexity index is 835. The Hall–Kier alpha value is -2.53. The van der Waals surface area contributed by atoms with E-state index in [2.05, 4.69) is 43.0 Å². The highest BCUT2D eigenvalue weighted by atomic mass is 16.5. The standard InChI is InChI=1S/C23H30N2O3/c1-5-24(14-18-8-6-7-17(2)11-18)16-23(26)25-10-9-19-12-21(27-3)22(28-4)13-20(19)15-25/h6-8,11-13H,5,9-10,14-16H2,1-4H3. The van der Waals surface area contributed by atoms with E-state index >= 15 is 0 Å². The first-order chi connectivity index (χ1) is 13.5. The summed E-state index contributed by atoms with van der Waals surface area (Å²) < 4.78 is 10.8. The fourth-order valence-corrected chi connectivity index (χ4v) is 3.74. The van der Waals surface area contributed by atoms with Crippen LogP contribution >= 0.6 is 0 Å². The zero-order valence-electron chi connectivity index (χ0n) is 17.3. The first-order valence-electron chi connectivity index (χ1n) is 9.83. The maximum absolute atomic E-state index is 12.9. The monoisotopic (exact) mass is 382 g/mol. The Morgan fingerprint density at radius 1 is 1.11 bits per heavy atom. The molecule has 0 aromatic heterocycles. The lowest BCUT2D eigenvalue weighted by molar-refractivity contribution is -0.133. The number of amides is 1. The molecule has 0 atom stereocenters. The molecule has 3 rings (SSSR count). The Morgan fingerprint density at radius 3 is 2.46 bits per heavy atom. The van der Waals surface area contributed by atoms with Crippen molar-refractivity contribution in [2.45, 2.75) is 33.4 Å². The van der Waals surface area contributed by atoms with Gasteiger partial charge in [0.1, 0.15) is 0 Å². The summed E-state index contributed by atoms with van der Waals surface area (Å²) in [6, 6.07) is 12.5. The summed E-state index contributed by atoms with van der Waals surface area (Å²) in [5.41, 5.74) is 4.86. The van der Waals surface area contributed by atoms with Crippen molar-refractivity contribution in [1.82, 2.24) is 9.80 Å². The minimum absolute atomic E-state index is 0.176. The molecular weight excluding hydrogens is 352 g/mol. The molecule has 1 heterocycles. The lowest BCUT2D eigenvalue weighted by Crippen LogP contribution is -2.42. The number of hydrogen-bond acceptors (Lipinski definition) is 4. The summed E-state index contributed by atoms with van der Waals surface area (Å²) in [5, 5.41) is 0. The number of likely N-dealkylation sites (N-methyl/N-ethyl adjacent to an activating group) is 1. The molecule has 0 saturated heterocycles. The molecule has 0 radical (unpaired) electrons. The summed E-state index contributed by atoms with van der Waals surface area (Å²) >= 11 is 0. The normalized spacial score (nSPS) is 13.4. The number of methoxy groups -OCH3 is 2. The molecule has 0 bridgehead atoms. The van der Waals surface area contributed by atoms with Gasteiger partial charge in [-0.3, -0.25) is 9.69 Å². The summed E-state index contributed by atoms with van der Waals surface area (Å²) in [6.45, 7) is 7.63. The Morgan fingerprint density at radius 2 is 1.82 bits per heavy atom. The van der Waals surface area contributed by atoms with Crippen LogP contribution in [0, 0.1) is 6.92 Å². The second kappa shape index (κ2) is 9.11. The number of benzene rings is 2. The number of fused-ring (bicyclic) bond motifs is 1. The van der Waals surface area contributed by atoms with Gasteiger partial charge in [0.25, 0.3) is 0 Å². The van der Waals surface area contributed by atoms with E-state index in [-0.39, 0.29) is 5.91 Å². The Kier molecular flexibility index (Phi) is 6.57. The predicted octanol–water partition coefficient (Wildman–Crippen LogP) is 3.42. The van der Waals surface area contributed by atoms with Gasteiger partial charge < -0.3 is 14.4 Å². The molecule has 0 unspecified atom stereocenters. The molecule has 0 N–H and O–H groups in total. The fourth-order valence-electron chi connectivity index (χ4n) is 3.74. The van der Waals surface area contributed by atoms with Gasteiger partial charge >= 0.3 is 0 Å². The van der Waals surface area contributed by atoms with Crippen LogP contribution in [0.25, 0.3) is 0 Å². The molecule has 0 aliphatic carbocycles. The number of ether oxygens (including phenoxy) is 2. The summed E-state index contributed by atoms with van der Waals surface area (Å²) in [7, 11) is 3.29. The number of carbonyl (C=O) groups excluding carboxylic acids is 1. The van der Waals surface area contributed by atoms with E-state index in [0.29, 0.717) is 18.8 Å². The van der Waals surface area contributed by atoms with Gasteiger partial charge in [-0.1, -0.05) is 36.8 Å². The molecule has 2 aromatic rings. The topological polar surface area (TPSA) is 42.0 Å². The maximum Gasteiger partial charge on any atom is 0.237 e. The van der Waals surface area contributed by atoms with Crippen LogP contribution in [0.4, 0.5) is 0 Å². The molecule has 2 aromatic carbocycles. The SMILES string of the molecule is CCN(CC(=O)N1CCc2cc(OC)c(OC)cc2C1)Cc1cccc(C)c1. The van der Waals surface area contributed by atoms with Crippen LogP contribution in [0.1, 0.15) is 29.2 Å². The minimum atomic E-state index is 0.176. The third-order valence-corrected chi connectivity index (χ3v) is 5.37. The molecule has 0 saturated carbocycles. The van der Waals surface area contributed by atoms with Crippen LogP contribution in [0.2, 0.25) is 0 Å². The van der Waals surface area contributed by atoms with Crippen molar-refractivity contribution in [2.24, 2.45) is 0 Å². The largest absolute Gasteiger partial charge is 0.493 e. The van der Waals surface area contributed by atoms with Crippen molar-refractivity contribution in [3.05, 3.63) is 58.7 Å². The molecule has 0 fully saturated rings. The zero-order valence-corrected chi connectivity index (χ0v) is 17.3. The molecule has 1 aliphatic heterocycles. The molecule has 0 spiro atoms. The number of rotatable bonds is 7. The van der Waals surface area contributed by atoms with E-state index in [4.69, 9.17) is 9.47 Å². The Balaban J connectivity index is 1.66. The van der Waals surface area contributed by atoms with Crippen LogP contribution in [-0.4, -0.2) is 49.6 Å². The van der Waals surface area contributed by atoms with Crippen molar-refractivity contribution in [1.29, 1.82) is 0 Å². The lowest BCUT2D eigenvalue weighted by atomic mass is 9.98. The minimum Gasteiger partial charge on any atom is -0.493 e. The van der Waals surface area contributed by atoms with Crippen LogP contribution in [0.5, 0.6) is 11.5 Å². The fraction of sp³-hybridized carbons (Fsp3) is 0.435. The number of nitrogens with zero attached hydrogens (tertiary/aromatic N) is 2. The van der Waals surface area contributed by atoms with Gasteiger partial charge in [0.15, 0.2) is 11.5 Å². The number of aryl methyl sites for hydroxylation is 1. The Labute approximate surface area is 167 Å². The molecule has 150 valence electrons. The highest BCUT2D eigenvalue weighted by Crippen LogP contribution is 2.33. The first kappa shape index (κ1) is 20.2. The summed E-state index contributed by atoms with van der Waals surface area (Å²) in [4.78, 5) is 17.1. The highest BCUT2D eigenvalue weighted by molar-refractivity contribution is 5.78. The molecular formula is C23H30N2O3. The predicted molar refractivity (Wildman–Crippen MR) is 111 cm³/mol. The van der Waals surface area contributed by atoms with Gasteiger partial charge in [-0.2, -0.15) is 0 Å². The van der Waals surface area contributed by atoms with Crippen molar-refractivity contribution in [3.8, 4) is 11.5 Å². The van der Waals surface area contributed by atoms with Gasteiger partial charge in [-0.15, -0.1) is 0 Å². The van der Waals surface area contributed by atoms with Gasteiger partial charge in [-0.05, 0) is 48.7 Å². The van der Waals surface area contributed by atoms with E-state index in [9.17, 15) is 4.79 Å². The zero-order chi connectivity index (χ0) is 20.1. The second-order valence-corrected chi connectivity index (χ2v) is 7.33. The first-order valence-corrected chi connectivity index (χ1v) is 9.83. The quantitative estimate of drug-likeness (QED) is 0.736. The lowest BCUT2D eigenvalue weighted by Gasteiger charge is -2.31. The summed E-state index contributed by atoms with van der Waals surface area (Å²) in [5.74, 6) is 1.64. The average molecular weight is 383 g/mol.